The molecule has 198 valence electrons. The van der Waals surface area contributed by atoms with Crippen molar-refractivity contribution in [1.29, 1.82) is 0 Å². The van der Waals surface area contributed by atoms with Gasteiger partial charge in [-0.2, -0.15) is 0 Å². The van der Waals surface area contributed by atoms with E-state index in [4.69, 9.17) is 23.2 Å². The number of Topliss-reactive ketones (excluding diaryl/α,β-unsaturated/α-hetero) is 1. The number of benzene rings is 4. The molecule has 0 aliphatic carbocycles. The van der Waals surface area contributed by atoms with Crippen LogP contribution in [-0.2, 0) is 28.9 Å². The van der Waals surface area contributed by atoms with Crippen LogP contribution in [0.15, 0.2) is 97.1 Å². The maximum atomic E-state index is 13.1. The largest absolute Gasteiger partial charge is 0.480 e. The Bertz CT molecular complexity index is 1470. The van der Waals surface area contributed by atoms with Gasteiger partial charge in [0.1, 0.15) is 11.8 Å². The molecule has 5 nitrogen and oxygen atoms in total. The first-order chi connectivity index (χ1) is 18.7. The molecule has 0 aliphatic rings. The number of nitrogens with zero attached hydrogens (tertiary/aromatic N) is 1. The number of rotatable bonds is 10. The van der Waals surface area contributed by atoms with Crippen LogP contribution < -0.4 is 0 Å². The van der Waals surface area contributed by atoms with Gasteiger partial charge in [0.05, 0.1) is 0 Å². The minimum absolute atomic E-state index is 0.0471. The van der Waals surface area contributed by atoms with E-state index < -0.39 is 12.0 Å². The lowest BCUT2D eigenvalue weighted by Gasteiger charge is -2.25. The average Bonchev–Trinajstić information content (AvgIpc) is 2.93. The van der Waals surface area contributed by atoms with Crippen molar-refractivity contribution >= 4 is 40.9 Å². The summed E-state index contributed by atoms with van der Waals surface area (Å²) >= 11 is 12.1. The Balaban J connectivity index is 1.39. The first-order valence-electron chi connectivity index (χ1n) is 12.4. The highest BCUT2D eigenvalue weighted by atomic mass is 35.5. The second-order valence-corrected chi connectivity index (χ2v) is 10.2. The van der Waals surface area contributed by atoms with E-state index in [1.807, 2.05) is 66.7 Å². The van der Waals surface area contributed by atoms with Crippen molar-refractivity contribution in [3.8, 4) is 11.1 Å². The smallest absolute Gasteiger partial charge is 0.326 e. The molecule has 0 aromatic heterocycles. The van der Waals surface area contributed by atoms with Crippen molar-refractivity contribution in [2.75, 3.05) is 7.05 Å². The Morgan fingerprint density at radius 3 is 1.97 bits per heavy atom. The van der Waals surface area contributed by atoms with Crippen LogP contribution in [0.3, 0.4) is 0 Å². The zero-order chi connectivity index (χ0) is 27.9. The van der Waals surface area contributed by atoms with Crippen LogP contribution in [0.25, 0.3) is 11.1 Å². The molecule has 1 atom stereocenters. The van der Waals surface area contributed by atoms with Crippen LogP contribution in [0, 0.1) is 0 Å². The van der Waals surface area contributed by atoms with Gasteiger partial charge in [-0.15, -0.1) is 0 Å². The minimum Gasteiger partial charge on any atom is -0.480 e. The van der Waals surface area contributed by atoms with Crippen molar-refractivity contribution < 1.29 is 19.5 Å². The molecule has 0 heterocycles. The predicted octanol–water partition coefficient (Wildman–Crippen LogP) is 6.78. The van der Waals surface area contributed by atoms with E-state index in [0.717, 1.165) is 27.8 Å². The topological polar surface area (TPSA) is 74.7 Å². The maximum Gasteiger partial charge on any atom is 0.326 e. The Morgan fingerprint density at radius 1 is 0.769 bits per heavy atom. The summed E-state index contributed by atoms with van der Waals surface area (Å²) in [5, 5.41) is 10.8. The normalized spacial score (nSPS) is 11.6. The van der Waals surface area contributed by atoms with Crippen LogP contribution in [0.4, 0.5) is 0 Å². The summed E-state index contributed by atoms with van der Waals surface area (Å²) in [6.45, 7) is 0. The number of carbonyl (C=O) groups is 3. The molecule has 39 heavy (non-hydrogen) atoms. The van der Waals surface area contributed by atoms with Crippen molar-refractivity contribution in [3.63, 3.8) is 0 Å². The van der Waals surface area contributed by atoms with E-state index in [9.17, 15) is 19.5 Å². The van der Waals surface area contributed by atoms with E-state index >= 15 is 0 Å². The zero-order valence-corrected chi connectivity index (χ0v) is 22.8. The molecule has 0 radical (unpaired) electrons. The highest BCUT2D eigenvalue weighted by molar-refractivity contribution is 6.35. The molecule has 4 rings (SSSR count). The fourth-order valence-corrected chi connectivity index (χ4v) is 4.84. The van der Waals surface area contributed by atoms with E-state index in [-0.39, 0.29) is 31.0 Å². The van der Waals surface area contributed by atoms with E-state index in [2.05, 4.69) is 0 Å². The van der Waals surface area contributed by atoms with Gasteiger partial charge < -0.3 is 10.0 Å². The first kappa shape index (κ1) is 28.1. The third-order valence-electron chi connectivity index (χ3n) is 6.57. The molecule has 0 bridgehead atoms. The number of halogens is 2. The van der Waals surface area contributed by atoms with Crippen LogP contribution in [0.5, 0.6) is 0 Å². The van der Waals surface area contributed by atoms with Crippen LogP contribution in [0.2, 0.25) is 10.0 Å². The summed E-state index contributed by atoms with van der Waals surface area (Å²) in [6.07, 6.45) is 0.737. The van der Waals surface area contributed by atoms with E-state index in [0.29, 0.717) is 15.6 Å². The molecular formula is C32H27Cl2NO4. The first-order valence-corrected chi connectivity index (χ1v) is 13.2. The summed E-state index contributed by atoms with van der Waals surface area (Å²) in [7, 11) is 1.51. The van der Waals surface area contributed by atoms with E-state index in [1.54, 1.807) is 30.3 Å². The summed E-state index contributed by atoms with van der Waals surface area (Å²) in [4.78, 5) is 38.8. The third-order valence-corrected chi connectivity index (χ3v) is 7.15. The lowest BCUT2D eigenvalue weighted by atomic mass is 9.98. The summed E-state index contributed by atoms with van der Waals surface area (Å²) < 4.78 is 0. The van der Waals surface area contributed by atoms with Crippen molar-refractivity contribution in [3.05, 3.63) is 129 Å². The van der Waals surface area contributed by atoms with Crippen LogP contribution in [-0.4, -0.2) is 40.8 Å². The molecule has 0 aliphatic heterocycles. The average molecular weight is 560 g/mol. The summed E-state index contributed by atoms with van der Waals surface area (Å²) in [5.74, 6) is -1.37. The van der Waals surface area contributed by atoms with Gasteiger partial charge in [0.15, 0.2) is 0 Å². The van der Waals surface area contributed by atoms with Gasteiger partial charge in [0, 0.05) is 41.9 Å². The number of carbonyl (C=O) groups excluding carboxylic acids is 2. The second-order valence-electron chi connectivity index (χ2n) is 9.36. The number of carboxylic acid groups (broad SMARTS) is 1. The van der Waals surface area contributed by atoms with Gasteiger partial charge in [-0.05, 0) is 52.1 Å². The van der Waals surface area contributed by atoms with Gasteiger partial charge in [0.2, 0.25) is 0 Å². The molecule has 1 N–H and O–H groups in total. The van der Waals surface area contributed by atoms with E-state index in [1.165, 1.54) is 11.9 Å². The van der Waals surface area contributed by atoms with Gasteiger partial charge in [-0.1, -0.05) is 96.0 Å². The Hall–Kier alpha value is -3.93. The Kier molecular flexibility index (Phi) is 9.18. The van der Waals surface area contributed by atoms with Crippen LogP contribution in [0.1, 0.15) is 27.0 Å². The van der Waals surface area contributed by atoms with Gasteiger partial charge in [0.25, 0.3) is 5.91 Å². The molecule has 1 amide bonds. The number of likely N-dealkylation sites (N-methyl/N-ethyl adjacent to an activating group) is 1. The van der Waals surface area contributed by atoms with Crippen LogP contribution >= 0.6 is 23.2 Å². The number of hydrogen-bond acceptors (Lipinski definition) is 3. The van der Waals surface area contributed by atoms with Crippen molar-refractivity contribution in [2.45, 2.75) is 25.3 Å². The molecule has 7 heteroatoms. The third kappa shape index (κ3) is 7.34. The number of aliphatic carboxylic acids is 1. The fourth-order valence-electron chi connectivity index (χ4n) is 4.36. The highest BCUT2D eigenvalue weighted by Gasteiger charge is 2.27. The monoisotopic (exact) mass is 559 g/mol. The Labute approximate surface area is 237 Å². The molecule has 0 saturated heterocycles. The standard InChI is InChI=1S/C32H27Cl2NO4/c1-35(30(32(38)39)18-21-5-3-2-4-6-21)31(37)25-13-11-24(12-14-25)23-9-7-22(8-10-23)17-28(36)19-26-15-16-27(33)20-29(26)34/h2-16,20,30H,17-19H2,1H3,(H,38,39)/t30-/m0/s1. The second kappa shape index (κ2) is 12.7. The number of hydrogen-bond donors (Lipinski definition) is 1. The maximum absolute atomic E-state index is 13.1. The number of ketones is 1. The summed E-state index contributed by atoms with van der Waals surface area (Å²) in [6, 6.07) is 28.1. The quantitative estimate of drug-likeness (QED) is 0.232. The number of carboxylic acids is 1. The summed E-state index contributed by atoms with van der Waals surface area (Å²) in [5.41, 5.74) is 4.73. The Morgan fingerprint density at radius 2 is 1.38 bits per heavy atom. The van der Waals surface area contributed by atoms with Crippen molar-refractivity contribution in [1.82, 2.24) is 4.90 Å². The highest BCUT2D eigenvalue weighted by Crippen LogP contribution is 2.24. The molecule has 0 spiro atoms. The molecule has 0 saturated carbocycles. The number of amides is 1. The lowest BCUT2D eigenvalue weighted by molar-refractivity contribution is -0.141. The fraction of sp³-hybridized carbons (Fsp3) is 0.156. The van der Waals surface area contributed by atoms with Gasteiger partial charge in [-0.3, -0.25) is 9.59 Å². The van der Waals surface area contributed by atoms with Crippen molar-refractivity contribution in [2.24, 2.45) is 0 Å². The zero-order valence-electron chi connectivity index (χ0n) is 21.3. The molecule has 4 aromatic carbocycles. The lowest BCUT2D eigenvalue weighted by Crippen LogP contribution is -2.43. The van der Waals surface area contributed by atoms with Gasteiger partial charge in [-0.25, -0.2) is 4.79 Å². The SMILES string of the molecule is CN(C(=O)c1ccc(-c2ccc(CC(=O)Cc3ccc(Cl)cc3Cl)cc2)cc1)[C@@H](Cc1ccccc1)C(=O)O. The molecular weight excluding hydrogens is 533 g/mol. The predicted molar refractivity (Wildman–Crippen MR) is 154 cm³/mol. The molecule has 4 aromatic rings. The van der Waals surface area contributed by atoms with Gasteiger partial charge >= 0.3 is 5.97 Å². The minimum atomic E-state index is -1.05. The molecule has 0 unspecified atom stereocenters. The molecule has 0 fully saturated rings.